The zero-order valence-electron chi connectivity index (χ0n) is 15.2. The molecule has 2 rings (SSSR count). The van der Waals surface area contributed by atoms with E-state index in [0.717, 1.165) is 38.0 Å². The molecule has 1 aromatic rings. The van der Waals surface area contributed by atoms with Gasteiger partial charge in [0.1, 0.15) is 5.75 Å². The number of nitrogens with zero attached hydrogens (tertiary/aromatic N) is 1. The minimum Gasteiger partial charge on any atom is -0.494 e. The molecule has 0 aromatic heterocycles. The number of hydrazine groups is 1. The molecule has 140 valence electrons. The Kier molecular flexibility index (Phi) is 6.98. The van der Waals surface area contributed by atoms with Gasteiger partial charge in [-0.1, -0.05) is 0 Å². The highest BCUT2D eigenvalue weighted by Gasteiger charge is 2.28. The fourth-order valence-corrected chi connectivity index (χ4v) is 3.60. The molecule has 1 fully saturated rings. The van der Waals surface area contributed by atoms with Crippen molar-refractivity contribution in [1.29, 1.82) is 0 Å². The summed E-state index contributed by atoms with van der Waals surface area (Å²) in [4.78, 5) is 14.0. The van der Waals surface area contributed by atoms with Crippen molar-refractivity contribution in [3.63, 3.8) is 0 Å². The van der Waals surface area contributed by atoms with Crippen molar-refractivity contribution in [3.8, 4) is 5.75 Å². The Labute approximate surface area is 150 Å². The van der Waals surface area contributed by atoms with E-state index in [2.05, 4.69) is 4.83 Å². The number of nitrogens with one attached hydrogen (secondary N) is 1. The molecular formula is C18H28N2O4S. The first-order valence-corrected chi connectivity index (χ1v) is 10.4. The summed E-state index contributed by atoms with van der Waals surface area (Å²) in [6, 6.07) is 7.34. The average molecular weight is 368 g/mol. The standard InChI is InChI=1S/C18H28N2O4S/c1-14(2)25(22,23)19-20-12-4-6-17(20)7-5-13-24-18-10-8-16(9-11-18)15(3)21/h8-11,14,17,19H,4-7,12-13H2,1-3H3. The molecule has 1 aliphatic rings. The SMILES string of the molecule is CC(=O)c1ccc(OCCCC2CCCN2NS(=O)(=O)C(C)C)cc1. The second kappa shape index (κ2) is 8.78. The van der Waals surface area contributed by atoms with E-state index in [1.165, 1.54) is 6.92 Å². The van der Waals surface area contributed by atoms with Gasteiger partial charge in [0.25, 0.3) is 0 Å². The second-order valence-electron chi connectivity index (χ2n) is 6.75. The molecule has 0 aliphatic carbocycles. The molecule has 1 heterocycles. The first-order chi connectivity index (χ1) is 11.8. The fourth-order valence-electron chi connectivity index (χ4n) is 2.82. The van der Waals surface area contributed by atoms with Crippen molar-refractivity contribution in [2.24, 2.45) is 0 Å². The molecule has 7 heteroatoms. The topological polar surface area (TPSA) is 75.7 Å². The van der Waals surface area contributed by atoms with Gasteiger partial charge in [-0.15, -0.1) is 4.83 Å². The zero-order chi connectivity index (χ0) is 18.4. The van der Waals surface area contributed by atoms with Crippen LogP contribution in [-0.2, 0) is 10.0 Å². The molecule has 1 N–H and O–H groups in total. The van der Waals surface area contributed by atoms with E-state index in [1.54, 1.807) is 38.1 Å². The average Bonchev–Trinajstić information content (AvgIpc) is 2.98. The van der Waals surface area contributed by atoms with Crippen LogP contribution in [0, 0.1) is 0 Å². The summed E-state index contributed by atoms with van der Waals surface area (Å²) >= 11 is 0. The van der Waals surface area contributed by atoms with Gasteiger partial charge in [-0.3, -0.25) is 4.79 Å². The van der Waals surface area contributed by atoms with Crippen LogP contribution in [0.2, 0.25) is 0 Å². The Balaban J connectivity index is 1.76. The number of ketones is 1. The lowest BCUT2D eigenvalue weighted by molar-refractivity contribution is 0.101. The van der Waals surface area contributed by atoms with E-state index in [0.29, 0.717) is 12.2 Å². The number of hydrogen-bond donors (Lipinski definition) is 1. The fraction of sp³-hybridized carbons (Fsp3) is 0.611. The lowest BCUT2D eigenvalue weighted by Gasteiger charge is -2.25. The lowest BCUT2D eigenvalue weighted by atomic mass is 10.1. The summed E-state index contributed by atoms with van der Waals surface area (Å²) in [6.07, 6.45) is 3.72. The zero-order valence-corrected chi connectivity index (χ0v) is 16.0. The van der Waals surface area contributed by atoms with Crippen LogP contribution in [0.1, 0.15) is 56.8 Å². The molecule has 25 heavy (non-hydrogen) atoms. The van der Waals surface area contributed by atoms with Gasteiger partial charge in [0, 0.05) is 18.2 Å². The van der Waals surface area contributed by atoms with Crippen LogP contribution in [0.3, 0.4) is 0 Å². The third-order valence-corrected chi connectivity index (χ3v) is 6.18. The number of sulfonamides is 1. The maximum absolute atomic E-state index is 12.0. The molecule has 0 saturated carbocycles. The van der Waals surface area contributed by atoms with Gasteiger partial charge in [-0.25, -0.2) is 13.4 Å². The van der Waals surface area contributed by atoms with Gasteiger partial charge in [0.15, 0.2) is 5.78 Å². The van der Waals surface area contributed by atoms with E-state index >= 15 is 0 Å². The number of rotatable bonds is 9. The minimum atomic E-state index is -3.28. The van der Waals surface area contributed by atoms with E-state index < -0.39 is 15.3 Å². The number of Topliss-reactive ketones (excluding diaryl/α,β-unsaturated/α-hetero) is 1. The Hall–Kier alpha value is -1.44. The molecule has 1 aliphatic heterocycles. The van der Waals surface area contributed by atoms with Gasteiger partial charge < -0.3 is 4.74 Å². The molecule has 1 atom stereocenters. The van der Waals surface area contributed by atoms with Crippen LogP contribution in [0.15, 0.2) is 24.3 Å². The van der Waals surface area contributed by atoms with Gasteiger partial charge >= 0.3 is 0 Å². The van der Waals surface area contributed by atoms with Crippen LogP contribution in [-0.4, -0.2) is 43.7 Å². The summed E-state index contributed by atoms with van der Waals surface area (Å²) in [5, 5.41) is 1.42. The first kappa shape index (κ1) is 19.9. The van der Waals surface area contributed by atoms with Crippen LogP contribution in [0.5, 0.6) is 5.75 Å². The summed E-state index contributed by atoms with van der Waals surface area (Å²) < 4.78 is 29.7. The minimum absolute atomic E-state index is 0.0386. The van der Waals surface area contributed by atoms with Crippen LogP contribution < -0.4 is 9.57 Å². The molecule has 6 nitrogen and oxygen atoms in total. The predicted molar refractivity (Wildman–Crippen MR) is 98.1 cm³/mol. The van der Waals surface area contributed by atoms with Crippen LogP contribution >= 0.6 is 0 Å². The molecule has 0 bridgehead atoms. The predicted octanol–water partition coefficient (Wildman–Crippen LogP) is 2.76. The van der Waals surface area contributed by atoms with Crippen molar-refractivity contribution in [3.05, 3.63) is 29.8 Å². The smallest absolute Gasteiger partial charge is 0.226 e. The van der Waals surface area contributed by atoms with Crippen molar-refractivity contribution < 1.29 is 17.9 Å². The highest BCUT2D eigenvalue weighted by atomic mass is 32.2. The summed E-state index contributed by atoms with van der Waals surface area (Å²) in [5.41, 5.74) is 0.673. The normalized spacial score (nSPS) is 18.6. The largest absolute Gasteiger partial charge is 0.494 e. The van der Waals surface area contributed by atoms with Gasteiger partial charge in [-0.05, 0) is 70.7 Å². The summed E-state index contributed by atoms with van der Waals surface area (Å²) in [5.74, 6) is 0.783. The monoisotopic (exact) mass is 368 g/mol. The van der Waals surface area contributed by atoms with E-state index in [-0.39, 0.29) is 11.8 Å². The highest BCUT2D eigenvalue weighted by molar-refractivity contribution is 7.90. The highest BCUT2D eigenvalue weighted by Crippen LogP contribution is 2.21. The van der Waals surface area contributed by atoms with Gasteiger partial charge in [0.05, 0.1) is 11.9 Å². The van der Waals surface area contributed by atoms with Gasteiger partial charge in [-0.2, -0.15) is 0 Å². The number of benzene rings is 1. The maximum Gasteiger partial charge on any atom is 0.226 e. The Bertz CT molecular complexity index is 671. The van der Waals surface area contributed by atoms with Gasteiger partial charge in [0.2, 0.25) is 10.0 Å². The third kappa shape index (κ3) is 5.80. The van der Waals surface area contributed by atoms with E-state index in [4.69, 9.17) is 4.74 Å². The Morgan fingerprint density at radius 2 is 2.00 bits per heavy atom. The van der Waals surface area contributed by atoms with E-state index in [9.17, 15) is 13.2 Å². The van der Waals surface area contributed by atoms with Crippen molar-refractivity contribution in [1.82, 2.24) is 9.84 Å². The third-order valence-electron chi connectivity index (χ3n) is 4.45. The number of carbonyl (C=O) groups is 1. The molecule has 1 saturated heterocycles. The Morgan fingerprint density at radius 1 is 1.32 bits per heavy atom. The molecule has 1 aromatic carbocycles. The lowest BCUT2D eigenvalue weighted by Crippen LogP contribution is -2.47. The first-order valence-electron chi connectivity index (χ1n) is 8.81. The van der Waals surface area contributed by atoms with Crippen molar-refractivity contribution >= 4 is 15.8 Å². The van der Waals surface area contributed by atoms with Crippen molar-refractivity contribution in [2.75, 3.05) is 13.2 Å². The second-order valence-corrected chi connectivity index (χ2v) is 8.96. The molecule has 0 spiro atoms. The Morgan fingerprint density at radius 3 is 2.60 bits per heavy atom. The number of hydrogen-bond acceptors (Lipinski definition) is 5. The summed E-state index contributed by atoms with van der Waals surface area (Å²) in [7, 11) is -3.28. The molecular weight excluding hydrogens is 340 g/mol. The molecule has 1 unspecified atom stereocenters. The maximum atomic E-state index is 12.0. The molecule has 0 radical (unpaired) electrons. The summed E-state index contributed by atoms with van der Waals surface area (Å²) in [6.45, 7) is 6.22. The van der Waals surface area contributed by atoms with Crippen LogP contribution in [0.4, 0.5) is 0 Å². The quantitative estimate of drug-likeness (QED) is 0.536. The van der Waals surface area contributed by atoms with Crippen molar-refractivity contribution in [2.45, 2.75) is 57.7 Å². The van der Waals surface area contributed by atoms with Crippen LogP contribution in [0.25, 0.3) is 0 Å². The van der Waals surface area contributed by atoms with E-state index in [1.807, 2.05) is 5.01 Å². The number of ether oxygens (including phenoxy) is 1. The molecule has 0 amide bonds. The number of carbonyl (C=O) groups excluding carboxylic acids is 1.